The maximum Gasteiger partial charge on any atom is 0.264 e. The van der Waals surface area contributed by atoms with Crippen molar-refractivity contribution < 1.29 is 19.2 Å². The van der Waals surface area contributed by atoms with Crippen molar-refractivity contribution in [1.82, 2.24) is 15.1 Å². The summed E-state index contributed by atoms with van der Waals surface area (Å²) in [5.41, 5.74) is 1.86. The first-order chi connectivity index (χ1) is 16.4. The lowest BCUT2D eigenvalue weighted by Crippen LogP contribution is -2.54. The Labute approximate surface area is 200 Å². The van der Waals surface area contributed by atoms with Crippen molar-refractivity contribution in [3.8, 4) is 0 Å². The molecule has 3 heterocycles. The molecule has 8 heteroatoms. The van der Waals surface area contributed by atoms with Crippen molar-refractivity contribution >= 4 is 29.3 Å². The monoisotopic (exact) mass is 466 g/mol. The van der Waals surface area contributed by atoms with Crippen LogP contribution < -0.4 is 10.6 Å². The van der Waals surface area contributed by atoms with Gasteiger partial charge in [0.05, 0.1) is 11.1 Å². The fourth-order valence-electron chi connectivity index (χ4n) is 6.24. The number of likely N-dealkylation sites (tertiary alicyclic amines) is 1. The minimum atomic E-state index is -0.938. The number of anilines is 1. The molecule has 1 aromatic rings. The zero-order valence-corrected chi connectivity index (χ0v) is 19.9. The molecule has 0 radical (unpaired) electrons. The second kappa shape index (κ2) is 9.13. The molecule has 5 rings (SSSR count). The van der Waals surface area contributed by atoms with E-state index in [1.807, 2.05) is 6.07 Å². The van der Waals surface area contributed by atoms with E-state index in [0.29, 0.717) is 28.1 Å². The maximum atomic E-state index is 13.2. The highest BCUT2D eigenvalue weighted by Crippen LogP contribution is 2.46. The number of fused-ring (bicyclic) bond motifs is 1. The van der Waals surface area contributed by atoms with E-state index in [-0.39, 0.29) is 18.7 Å². The van der Waals surface area contributed by atoms with E-state index < -0.39 is 23.8 Å². The van der Waals surface area contributed by atoms with Gasteiger partial charge in [-0.15, -0.1) is 0 Å². The van der Waals surface area contributed by atoms with E-state index in [1.54, 1.807) is 12.1 Å². The van der Waals surface area contributed by atoms with Gasteiger partial charge in [0.15, 0.2) is 0 Å². The lowest BCUT2D eigenvalue weighted by atomic mass is 9.65. The SMILES string of the molecule is CN1CCC2(CCC(CCNc3cccc4c3C(=O)N(C3CCC(=O)NC3=O)C4=O)CC2)CC1. The molecule has 3 fully saturated rings. The molecular formula is C26H34N4O4. The van der Waals surface area contributed by atoms with Crippen molar-refractivity contribution in [3.63, 3.8) is 0 Å². The number of hydrogen-bond acceptors (Lipinski definition) is 6. The van der Waals surface area contributed by atoms with Gasteiger partial charge in [0.1, 0.15) is 6.04 Å². The van der Waals surface area contributed by atoms with E-state index in [9.17, 15) is 19.2 Å². The molecule has 1 saturated carbocycles. The maximum absolute atomic E-state index is 13.2. The quantitative estimate of drug-likeness (QED) is 0.648. The number of carbonyl (C=O) groups excluding carboxylic acids is 4. The van der Waals surface area contributed by atoms with Crippen LogP contribution in [0.25, 0.3) is 0 Å². The van der Waals surface area contributed by atoms with Gasteiger partial charge in [0, 0.05) is 18.7 Å². The number of benzene rings is 1. The van der Waals surface area contributed by atoms with E-state index in [4.69, 9.17) is 0 Å². The van der Waals surface area contributed by atoms with Gasteiger partial charge in [-0.25, -0.2) is 0 Å². The van der Waals surface area contributed by atoms with Crippen molar-refractivity contribution in [3.05, 3.63) is 29.3 Å². The van der Waals surface area contributed by atoms with Gasteiger partial charge in [0.25, 0.3) is 11.8 Å². The Balaban J connectivity index is 1.19. The molecule has 1 aromatic carbocycles. The number of hydrogen-bond donors (Lipinski definition) is 2. The Morgan fingerprint density at radius 3 is 2.44 bits per heavy atom. The lowest BCUT2D eigenvalue weighted by Gasteiger charge is -2.45. The van der Waals surface area contributed by atoms with Crippen molar-refractivity contribution in [2.24, 2.45) is 11.3 Å². The first-order valence-electron chi connectivity index (χ1n) is 12.6. The Morgan fingerprint density at radius 2 is 1.74 bits per heavy atom. The van der Waals surface area contributed by atoms with E-state index >= 15 is 0 Å². The zero-order chi connectivity index (χ0) is 23.9. The third kappa shape index (κ3) is 4.24. The molecule has 8 nitrogen and oxygen atoms in total. The Bertz CT molecular complexity index is 1000. The number of nitrogens with zero attached hydrogens (tertiary/aromatic N) is 2. The normalized spacial score (nSPS) is 25.6. The average molecular weight is 467 g/mol. The molecule has 1 spiro atoms. The molecule has 1 atom stereocenters. The molecule has 4 amide bonds. The molecule has 4 aliphatic rings. The summed E-state index contributed by atoms with van der Waals surface area (Å²) >= 11 is 0. The lowest BCUT2D eigenvalue weighted by molar-refractivity contribution is -0.136. The van der Waals surface area contributed by atoms with Gasteiger partial charge in [0.2, 0.25) is 11.8 Å². The van der Waals surface area contributed by atoms with Crippen LogP contribution >= 0.6 is 0 Å². The molecule has 2 N–H and O–H groups in total. The van der Waals surface area contributed by atoms with Crippen LogP contribution in [0, 0.1) is 11.3 Å². The van der Waals surface area contributed by atoms with Gasteiger partial charge in [-0.2, -0.15) is 0 Å². The van der Waals surface area contributed by atoms with Gasteiger partial charge < -0.3 is 10.2 Å². The molecule has 34 heavy (non-hydrogen) atoms. The molecule has 0 bridgehead atoms. The number of amides is 4. The standard InChI is InChI=1S/C26H34N4O4/c1-29-15-12-26(13-16-29)10-7-17(8-11-26)9-14-27-19-4-2-3-18-22(19)25(34)30(24(18)33)20-5-6-21(31)28-23(20)32/h2-4,17,20,27H,5-16H2,1H3,(H,28,31,32). The fourth-order valence-corrected chi connectivity index (χ4v) is 6.24. The van der Waals surface area contributed by atoms with Gasteiger partial charge >= 0.3 is 0 Å². The van der Waals surface area contributed by atoms with Crippen LogP contribution in [0.1, 0.15) is 78.5 Å². The molecular weight excluding hydrogens is 432 g/mol. The summed E-state index contributed by atoms with van der Waals surface area (Å²) in [4.78, 5) is 53.4. The highest BCUT2D eigenvalue weighted by molar-refractivity contribution is 6.25. The Morgan fingerprint density at radius 1 is 1.00 bits per heavy atom. The van der Waals surface area contributed by atoms with Gasteiger partial charge in [-0.1, -0.05) is 6.07 Å². The number of rotatable bonds is 5. The zero-order valence-electron chi connectivity index (χ0n) is 19.9. The van der Waals surface area contributed by atoms with Crippen LogP contribution in [0.3, 0.4) is 0 Å². The third-order valence-corrected chi connectivity index (χ3v) is 8.55. The smallest absolute Gasteiger partial charge is 0.264 e. The highest BCUT2D eigenvalue weighted by atomic mass is 16.2. The summed E-state index contributed by atoms with van der Waals surface area (Å²) < 4.78 is 0. The summed E-state index contributed by atoms with van der Waals surface area (Å²) in [6.07, 6.45) is 9.14. The molecule has 1 aliphatic carbocycles. The Hall–Kier alpha value is -2.74. The average Bonchev–Trinajstić information content (AvgIpc) is 3.08. The van der Waals surface area contributed by atoms with Crippen LogP contribution in [0.15, 0.2) is 18.2 Å². The predicted octanol–water partition coefficient (Wildman–Crippen LogP) is 2.79. The first kappa shape index (κ1) is 23.0. The molecule has 2 saturated heterocycles. The topological polar surface area (TPSA) is 98.8 Å². The first-order valence-corrected chi connectivity index (χ1v) is 12.6. The summed E-state index contributed by atoms with van der Waals surface area (Å²) in [6.45, 7) is 3.18. The number of nitrogens with one attached hydrogen (secondary N) is 2. The predicted molar refractivity (Wildman–Crippen MR) is 127 cm³/mol. The van der Waals surface area contributed by atoms with E-state index in [0.717, 1.165) is 17.9 Å². The van der Waals surface area contributed by atoms with Crippen molar-refractivity contribution in [1.29, 1.82) is 0 Å². The summed E-state index contributed by atoms with van der Waals surface area (Å²) in [6, 6.07) is 4.29. The second-order valence-electron chi connectivity index (χ2n) is 10.6. The third-order valence-electron chi connectivity index (χ3n) is 8.55. The van der Waals surface area contributed by atoms with Crippen LogP contribution in [-0.4, -0.2) is 66.2 Å². The van der Waals surface area contributed by atoms with Crippen molar-refractivity contribution in [2.45, 2.75) is 63.8 Å². The summed E-state index contributed by atoms with van der Waals surface area (Å²) in [5, 5.41) is 5.64. The number of carbonyl (C=O) groups is 4. The van der Waals surface area contributed by atoms with Crippen LogP contribution in [0.4, 0.5) is 5.69 Å². The minimum absolute atomic E-state index is 0.119. The molecule has 3 aliphatic heterocycles. The fraction of sp³-hybridized carbons (Fsp3) is 0.615. The number of piperidine rings is 2. The van der Waals surface area contributed by atoms with Gasteiger partial charge in [-0.3, -0.25) is 29.4 Å². The van der Waals surface area contributed by atoms with Crippen LogP contribution in [0.2, 0.25) is 0 Å². The minimum Gasteiger partial charge on any atom is -0.384 e. The number of imide groups is 2. The van der Waals surface area contributed by atoms with Crippen LogP contribution in [-0.2, 0) is 9.59 Å². The van der Waals surface area contributed by atoms with E-state index in [2.05, 4.69) is 22.6 Å². The van der Waals surface area contributed by atoms with Crippen LogP contribution in [0.5, 0.6) is 0 Å². The van der Waals surface area contributed by atoms with E-state index in [1.165, 1.54) is 51.6 Å². The highest BCUT2D eigenvalue weighted by Gasteiger charge is 2.45. The molecule has 0 aromatic heterocycles. The Kier molecular flexibility index (Phi) is 6.18. The van der Waals surface area contributed by atoms with Crippen molar-refractivity contribution in [2.75, 3.05) is 32.0 Å². The molecule has 1 unspecified atom stereocenters. The summed E-state index contributed by atoms with van der Waals surface area (Å²) in [7, 11) is 2.22. The molecule has 182 valence electrons. The summed E-state index contributed by atoms with van der Waals surface area (Å²) in [5.74, 6) is -1.19. The largest absolute Gasteiger partial charge is 0.384 e. The second-order valence-corrected chi connectivity index (χ2v) is 10.6. The van der Waals surface area contributed by atoms with Gasteiger partial charge in [-0.05, 0) is 95.0 Å².